The lowest BCUT2D eigenvalue weighted by Gasteiger charge is -2.19. The van der Waals surface area contributed by atoms with Crippen molar-refractivity contribution in [3.63, 3.8) is 0 Å². The lowest BCUT2D eigenvalue weighted by atomic mass is 9.81. The summed E-state index contributed by atoms with van der Waals surface area (Å²) in [6.45, 7) is 6.22. The lowest BCUT2D eigenvalue weighted by Crippen LogP contribution is -2.26. The van der Waals surface area contributed by atoms with Gasteiger partial charge in [-0.1, -0.05) is 54.1 Å². The fourth-order valence-corrected chi connectivity index (χ4v) is 7.78. The van der Waals surface area contributed by atoms with Gasteiger partial charge in [-0.05, 0) is 107 Å². The van der Waals surface area contributed by atoms with Crippen LogP contribution in [0.15, 0.2) is 84.9 Å². The van der Waals surface area contributed by atoms with Gasteiger partial charge in [0.1, 0.15) is 30.0 Å². The Labute approximate surface area is 287 Å². The molecule has 8 bridgehead atoms. The maximum atomic E-state index is 11.8. The Balaban J connectivity index is 1.39. The highest BCUT2D eigenvalue weighted by atomic mass is 16.3. The summed E-state index contributed by atoms with van der Waals surface area (Å²) >= 11 is 0. The quantitative estimate of drug-likeness (QED) is 0.126. The molecule has 2 aliphatic rings. The molecule has 0 saturated carbocycles. The third-order valence-corrected chi connectivity index (χ3v) is 10.3. The third kappa shape index (κ3) is 5.76. The number of aromatic hydroxyl groups is 4. The second-order valence-electron chi connectivity index (χ2n) is 14.1. The first-order valence-electron chi connectivity index (χ1n) is 16.7. The minimum absolute atomic E-state index is 0.0768. The van der Waals surface area contributed by atoms with E-state index >= 15 is 0 Å². The molecule has 248 valence electrons. The van der Waals surface area contributed by atoms with Gasteiger partial charge in [0.25, 0.3) is 0 Å². The third-order valence-electron chi connectivity index (χ3n) is 10.3. The van der Waals surface area contributed by atoms with E-state index in [0.29, 0.717) is 50.1 Å². The molecule has 6 nitrogen and oxygen atoms in total. The largest absolute Gasteiger partial charge is 0.507 e. The number of phenols is 4. The summed E-state index contributed by atoms with van der Waals surface area (Å²) in [5.41, 5.74) is 10.9. The summed E-state index contributed by atoms with van der Waals surface area (Å²) in [7, 11) is 2.09. The number of nitrogens with zero attached hydrogens (tertiary/aromatic N) is 1. The fourth-order valence-electron chi connectivity index (χ4n) is 7.78. The van der Waals surface area contributed by atoms with Gasteiger partial charge in [0.05, 0.1) is 12.0 Å². The Hall–Kier alpha value is -5.33. The molecule has 0 fully saturated rings. The van der Waals surface area contributed by atoms with Crippen LogP contribution in [0.5, 0.6) is 23.0 Å². The van der Waals surface area contributed by atoms with Crippen LogP contribution in [-0.2, 0) is 37.7 Å². The molecule has 6 heteroatoms. The van der Waals surface area contributed by atoms with Crippen molar-refractivity contribution in [3.8, 4) is 23.0 Å². The topological polar surface area (TPSA) is 104 Å². The Bertz CT molecular complexity index is 2210. The van der Waals surface area contributed by atoms with E-state index in [-0.39, 0.29) is 60.7 Å². The number of aliphatic hydroxyl groups excluding tert-OH is 1. The van der Waals surface area contributed by atoms with Crippen molar-refractivity contribution in [1.29, 1.82) is 0 Å². The monoisotopic (exact) mass is 652 g/mol. The molecule has 0 unspecified atom stereocenters. The van der Waals surface area contributed by atoms with Gasteiger partial charge in [-0.15, -0.1) is 0 Å². The van der Waals surface area contributed by atoms with E-state index in [1.165, 1.54) is 11.3 Å². The van der Waals surface area contributed by atoms with E-state index in [9.17, 15) is 25.5 Å². The molecular weight excluding hydrogens is 610 g/mol. The number of rotatable bonds is 3. The molecule has 0 aromatic heterocycles. The van der Waals surface area contributed by atoms with Crippen LogP contribution >= 0.6 is 0 Å². The van der Waals surface area contributed by atoms with Gasteiger partial charge in [0, 0.05) is 43.4 Å². The van der Waals surface area contributed by atoms with Gasteiger partial charge in [-0.25, -0.2) is 0 Å². The highest BCUT2D eigenvalue weighted by molar-refractivity contribution is 6.05. The van der Waals surface area contributed by atoms with Crippen LogP contribution in [0.1, 0.15) is 80.6 Å². The summed E-state index contributed by atoms with van der Waals surface area (Å²) in [6.07, 6.45) is 5.25. The molecule has 0 radical (unpaired) electrons. The molecule has 0 amide bonds. The fraction of sp³-hybridized carbons (Fsp3) is 0.233. The molecule has 1 heterocycles. The molecule has 5 aromatic carbocycles. The number of para-hydroxylation sites is 2. The van der Waals surface area contributed by atoms with E-state index in [2.05, 4.69) is 61.9 Å². The van der Waals surface area contributed by atoms with Crippen LogP contribution < -0.4 is 0 Å². The maximum Gasteiger partial charge on any atom is 0.209 e. The molecule has 0 spiro atoms. The minimum Gasteiger partial charge on any atom is -0.507 e. The van der Waals surface area contributed by atoms with Crippen molar-refractivity contribution >= 4 is 17.5 Å². The van der Waals surface area contributed by atoms with Crippen molar-refractivity contribution in [2.75, 3.05) is 7.05 Å². The zero-order chi connectivity index (χ0) is 34.6. The predicted octanol–water partition coefficient (Wildman–Crippen LogP) is 7.71. The second kappa shape index (κ2) is 12.3. The first-order chi connectivity index (χ1) is 23.4. The molecule has 5 N–H and O–H groups in total. The number of aryl methyl sites for hydroxylation is 1. The number of hydrogen-bond acceptors (Lipinski definition) is 5. The van der Waals surface area contributed by atoms with Crippen molar-refractivity contribution < 1.29 is 30.1 Å². The van der Waals surface area contributed by atoms with Crippen molar-refractivity contribution in [2.45, 2.75) is 58.5 Å². The van der Waals surface area contributed by atoms with Gasteiger partial charge in [-0.3, -0.25) is 0 Å². The smallest absolute Gasteiger partial charge is 0.209 e. The molecule has 0 saturated heterocycles. The minimum atomic E-state index is -0.206. The van der Waals surface area contributed by atoms with Crippen LogP contribution in [0.2, 0.25) is 0 Å². The highest BCUT2D eigenvalue weighted by Crippen LogP contribution is 2.41. The van der Waals surface area contributed by atoms with Crippen LogP contribution in [0.25, 0.3) is 6.08 Å². The number of phenolic OH excluding ortho intramolecular Hbond substituents is 4. The Morgan fingerprint density at radius 2 is 1.08 bits per heavy atom. The number of aliphatic hydroxyl groups is 1. The van der Waals surface area contributed by atoms with Gasteiger partial charge in [-0.2, -0.15) is 4.58 Å². The standard InChI is InChI=1S/C43H41NO5/c1-25-14-30-22-33-17-26(12-13-38-43(2,3)36-10-5-6-11-37(36)44(38)4)16-32(41(33)48)20-28-8-7-9-29(39(28)46)21-34-18-27(24-45)19-35(42(34)49)23-31(15-25)40(30)47/h5-19,45-47,49H,20-24H2,1-4H3/p+1. The Kier molecular flexibility index (Phi) is 8.08. The van der Waals surface area contributed by atoms with E-state index in [1.54, 1.807) is 12.1 Å². The van der Waals surface area contributed by atoms with Gasteiger partial charge in [0.15, 0.2) is 5.71 Å². The predicted molar refractivity (Wildman–Crippen MR) is 194 cm³/mol. The zero-order valence-electron chi connectivity index (χ0n) is 28.4. The van der Waals surface area contributed by atoms with E-state index in [1.807, 2.05) is 49.4 Å². The van der Waals surface area contributed by atoms with Crippen molar-refractivity contribution in [1.82, 2.24) is 0 Å². The first kappa shape index (κ1) is 32.2. The SMILES string of the molecule is Cc1cc2c(O)c(c1)Cc1cc(CO)cc(c1O)Cc1cccc(c1O)Cc1cc(/C=C/C3=[N+](C)c4ccccc4C3(C)C)cc(c1O)C2. The number of hydrogen-bond donors (Lipinski definition) is 5. The summed E-state index contributed by atoms with van der Waals surface area (Å²) in [5.74, 6) is 0.423. The van der Waals surface area contributed by atoms with Crippen LogP contribution in [-0.4, -0.2) is 42.9 Å². The summed E-state index contributed by atoms with van der Waals surface area (Å²) in [4.78, 5) is 0. The van der Waals surface area contributed by atoms with Crippen molar-refractivity contribution in [2.24, 2.45) is 0 Å². The molecule has 5 aromatic rings. The van der Waals surface area contributed by atoms with E-state index in [4.69, 9.17) is 0 Å². The molecule has 49 heavy (non-hydrogen) atoms. The molecule has 1 aliphatic heterocycles. The summed E-state index contributed by atoms with van der Waals surface area (Å²) < 4.78 is 2.23. The number of benzene rings is 5. The Morgan fingerprint density at radius 1 is 0.612 bits per heavy atom. The van der Waals surface area contributed by atoms with Crippen LogP contribution in [0, 0.1) is 6.92 Å². The lowest BCUT2D eigenvalue weighted by molar-refractivity contribution is -0.401. The van der Waals surface area contributed by atoms with Crippen molar-refractivity contribution in [3.05, 3.63) is 152 Å². The number of fused-ring (bicyclic) bond motifs is 9. The zero-order valence-corrected chi connectivity index (χ0v) is 28.4. The van der Waals surface area contributed by atoms with Gasteiger partial charge < -0.3 is 25.5 Å². The summed E-state index contributed by atoms with van der Waals surface area (Å²) in [5, 5.41) is 56.4. The molecule has 7 rings (SSSR count). The van der Waals surface area contributed by atoms with E-state index in [0.717, 1.165) is 16.8 Å². The molecule has 1 aliphatic carbocycles. The normalized spacial score (nSPS) is 15.1. The first-order valence-corrected chi connectivity index (χ1v) is 16.7. The van der Waals surface area contributed by atoms with Gasteiger partial charge in [0.2, 0.25) is 5.69 Å². The van der Waals surface area contributed by atoms with Crippen LogP contribution in [0.4, 0.5) is 5.69 Å². The summed E-state index contributed by atoms with van der Waals surface area (Å²) in [6, 6.07) is 25.3. The second-order valence-corrected chi connectivity index (χ2v) is 14.1. The average molecular weight is 653 g/mol. The van der Waals surface area contributed by atoms with Gasteiger partial charge >= 0.3 is 0 Å². The highest BCUT2D eigenvalue weighted by Gasteiger charge is 2.42. The maximum absolute atomic E-state index is 11.8. The van der Waals surface area contributed by atoms with Crippen LogP contribution in [0.3, 0.4) is 0 Å². The van der Waals surface area contributed by atoms with E-state index < -0.39 is 0 Å². The molecule has 0 atom stereocenters. The molecular formula is C43H42NO5+. The Morgan fingerprint density at radius 3 is 1.61 bits per heavy atom. The average Bonchev–Trinajstić information content (AvgIpc) is 3.27. The number of allylic oxidation sites excluding steroid dienone is 1.